The number of aliphatic hydroxyl groups is 3. The molecule has 3 heterocycles. The third-order valence-corrected chi connectivity index (χ3v) is 11.3. The fraction of sp³-hybridized carbons (Fsp3) is 0.633. The van der Waals surface area contributed by atoms with Crippen molar-refractivity contribution < 1.29 is 20.1 Å². The van der Waals surface area contributed by atoms with Crippen LogP contribution in [0.15, 0.2) is 41.3 Å². The lowest BCUT2D eigenvalue weighted by molar-refractivity contribution is -0.331. The van der Waals surface area contributed by atoms with Gasteiger partial charge in [-0.2, -0.15) is 0 Å². The Morgan fingerprint density at radius 2 is 1.86 bits per heavy atom. The number of hydrogen-bond acceptors (Lipinski definition) is 6. The fourth-order valence-corrected chi connectivity index (χ4v) is 9.41. The molecule has 1 aromatic heterocycles. The van der Waals surface area contributed by atoms with Crippen LogP contribution >= 0.6 is 0 Å². The quantitative estimate of drug-likeness (QED) is 0.499. The minimum Gasteiger partial charge on any atom is -0.390 e. The van der Waals surface area contributed by atoms with Gasteiger partial charge in [0.15, 0.2) is 0 Å². The van der Waals surface area contributed by atoms with Gasteiger partial charge < -0.3 is 29.9 Å². The Bertz CT molecular complexity index is 1370. The van der Waals surface area contributed by atoms with Crippen molar-refractivity contribution in [3.05, 3.63) is 52.5 Å². The van der Waals surface area contributed by atoms with Gasteiger partial charge in [-0.1, -0.05) is 25.1 Å². The summed E-state index contributed by atoms with van der Waals surface area (Å²) < 4.78 is 7.20. The normalized spacial score (nSPS) is 46.5. The average Bonchev–Trinajstić information content (AvgIpc) is 3.40. The van der Waals surface area contributed by atoms with Gasteiger partial charge in [-0.25, -0.2) is 0 Å². The molecule has 2 spiro atoms. The molecule has 0 amide bonds. The van der Waals surface area contributed by atoms with Crippen LogP contribution in [0, 0.1) is 17.3 Å². The molecule has 7 nitrogen and oxygen atoms in total. The number of H-pyrrole nitrogens is 1. The maximum Gasteiger partial charge on any atom is 0.255 e. The number of aromatic amines is 1. The van der Waals surface area contributed by atoms with Gasteiger partial charge in [0.1, 0.15) is 5.60 Å². The molecule has 9 atom stereocenters. The SMILES string of the molecule is CN(C)[C@H]1C[C@@]23CC[C@]4(O2)C2CC=C(c5ccc6cc[nH]c(=O)c6c5)[C@@]2(C)CCC4(O)CC3[C@@H](O)[C@@H]1O. The monoisotopic (exact) mass is 506 g/mol. The second kappa shape index (κ2) is 7.54. The number of aliphatic hydroxyl groups excluding tert-OH is 2. The fourth-order valence-electron chi connectivity index (χ4n) is 9.41. The molecule has 3 unspecified atom stereocenters. The standard InChI is InChI=1S/C30H38N2O5/c1-27-9-11-29(36)15-21-24(33)25(34)22(32(2)3)16-28(21)10-12-30(29,37-28)23(27)7-6-20(27)18-5-4-17-8-13-31-26(35)19(17)14-18/h4-6,8,13-14,21-25,33-34,36H,7,9-12,15-16H2,1-3H3,(H,31,35)/t21?,22-,23?,24+,25+,27+,28+,29?,30-/m0/s1. The van der Waals surface area contributed by atoms with Gasteiger partial charge >= 0.3 is 0 Å². The first-order valence-corrected chi connectivity index (χ1v) is 13.8. The number of benzene rings is 1. The zero-order valence-corrected chi connectivity index (χ0v) is 21.9. The Hall–Kier alpha value is -2.03. The summed E-state index contributed by atoms with van der Waals surface area (Å²) in [6.07, 6.45) is 7.15. The van der Waals surface area contributed by atoms with E-state index in [1.807, 2.05) is 37.2 Å². The number of ether oxygens (including phenoxy) is 1. The zero-order valence-electron chi connectivity index (χ0n) is 21.9. The van der Waals surface area contributed by atoms with Crippen LogP contribution in [0.4, 0.5) is 0 Å². The lowest BCUT2D eigenvalue weighted by atomic mass is 9.51. The van der Waals surface area contributed by atoms with Crippen LogP contribution in [0.5, 0.6) is 0 Å². The van der Waals surface area contributed by atoms with Crippen molar-refractivity contribution in [2.24, 2.45) is 17.3 Å². The molecule has 2 aliphatic heterocycles. The Labute approximate surface area is 217 Å². The third-order valence-electron chi connectivity index (χ3n) is 11.3. The van der Waals surface area contributed by atoms with Gasteiger partial charge in [-0.15, -0.1) is 0 Å². The van der Waals surface area contributed by atoms with E-state index in [4.69, 9.17) is 4.74 Å². The van der Waals surface area contributed by atoms with Crippen LogP contribution < -0.4 is 5.56 Å². The number of hydrogen-bond donors (Lipinski definition) is 4. The van der Waals surface area contributed by atoms with Gasteiger partial charge in [-0.3, -0.25) is 4.79 Å². The Balaban J connectivity index is 1.28. The van der Waals surface area contributed by atoms with Crippen LogP contribution in [-0.4, -0.2) is 74.4 Å². The van der Waals surface area contributed by atoms with Crippen LogP contribution in [0.2, 0.25) is 0 Å². The molecule has 37 heavy (non-hydrogen) atoms. The number of allylic oxidation sites excluding steroid dienone is 2. The second-order valence-electron chi connectivity index (χ2n) is 13.0. The first kappa shape index (κ1) is 24.0. The minimum absolute atomic E-state index is 0.0795. The number of fused-ring (bicyclic) bond motifs is 2. The van der Waals surface area contributed by atoms with Gasteiger partial charge in [0.2, 0.25) is 0 Å². The predicted molar refractivity (Wildman–Crippen MR) is 141 cm³/mol. The van der Waals surface area contributed by atoms with Crippen molar-refractivity contribution in [1.29, 1.82) is 0 Å². The highest BCUT2D eigenvalue weighted by molar-refractivity contribution is 5.86. The summed E-state index contributed by atoms with van der Waals surface area (Å²) in [5.41, 5.74) is -0.189. The third kappa shape index (κ3) is 2.92. The molecular weight excluding hydrogens is 468 g/mol. The van der Waals surface area contributed by atoms with E-state index in [1.54, 1.807) is 6.20 Å². The van der Waals surface area contributed by atoms with Crippen LogP contribution in [0.3, 0.4) is 0 Å². The highest BCUT2D eigenvalue weighted by Crippen LogP contribution is 2.71. The molecule has 198 valence electrons. The van der Waals surface area contributed by atoms with Crippen LogP contribution in [0.1, 0.15) is 57.4 Å². The van der Waals surface area contributed by atoms with Crippen LogP contribution in [-0.2, 0) is 4.74 Å². The molecule has 7 rings (SSSR count). The van der Waals surface area contributed by atoms with E-state index in [0.717, 1.165) is 36.6 Å². The van der Waals surface area contributed by atoms with Crippen molar-refractivity contribution in [2.75, 3.05) is 14.1 Å². The van der Waals surface area contributed by atoms with Crippen molar-refractivity contribution in [3.63, 3.8) is 0 Å². The number of nitrogens with one attached hydrogen (secondary N) is 1. The molecular formula is C30H38N2O5. The van der Waals surface area contributed by atoms with Crippen molar-refractivity contribution in [1.82, 2.24) is 9.88 Å². The molecule has 1 aromatic carbocycles. The highest BCUT2D eigenvalue weighted by atomic mass is 16.6. The Morgan fingerprint density at radius 1 is 1.05 bits per heavy atom. The summed E-state index contributed by atoms with van der Waals surface area (Å²) in [5.74, 6) is -0.162. The molecule has 2 saturated heterocycles. The number of rotatable bonds is 2. The first-order valence-electron chi connectivity index (χ1n) is 13.8. The van der Waals surface area contributed by atoms with Gasteiger partial charge in [0.25, 0.3) is 5.56 Å². The lowest BCUT2D eigenvalue weighted by Gasteiger charge is -2.65. The molecule has 3 aliphatic carbocycles. The Kier molecular flexibility index (Phi) is 4.90. The minimum atomic E-state index is -1.03. The summed E-state index contributed by atoms with van der Waals surface area (Å²) >= 11 is 0. The molecule has 0 radical (unpaired) electrons. The summed E-state index contributed by atoms with van der Waals surface area (Å²) in [7, 11) is 3.89. The van der Waals surface area contributed by atoms with E-state index < -0.39 is 29.0 Å². The summed E-state index contributed by atoms with van der Waals surface area (Å²) in [6, 6.07) is 7.90. The van der Waals surface area contributed by atoms with Gasteiger partial charge in [0.05, 0.1) is 23.4 Å². The van der Waals surface area contributed by atoms with Crippen molar-refractivity contribution >= 4 is 16.3 Å². The smallest absolute Gasteiger partial charge is 0.255 e. The number of nitrogens with zero attached hydrogens (tertiary/aromatic N) is 1. The number of aromatic nitrogens is 1. The molecule has 5 aliphatic rings. The summed E-state index contributed by atoms with van der Waals surface area (Å²) in [4.78, 5) is 17.3. The van der Waals surface area contributed by atoms with E-state index in [9.17, 15) is 20.1 Å². The second-order valence-corrected chi connectivity index (χ2v) is 13.0. The maximum absolute atomic E-state index is 12.5. The summed E-state index contributed by atoms with van der Waals surface area (Å²) in [6.45, 7) is 2.31. The highest BCUT2D eigenvalue weighted by Gasteiger charge is 2.76. The van der Waals surface area contributed by atoms with Gasteiger partial charge in [0, 0.05) is 29.5 Å². The average molecular weight is 507 g/mol. The maximum atomic E-state index is 12.5. The van der Waals surface area contributed by atoms with E-state index in [-0.39, 0.29) is 28.9 Å². The molecule has 2 saturated carbocycles. The largest absolute Gasteiger partial charge is 0.390 e. The number of pyridine rings is 1. The van der Waals surface area contributed by atoms with E-state index >= 15 is 0 Å². The van der Waals surface area contributed by atoms with Crippen molar-refractivity contribution in [3.8, 4) is 0 Å². The topological polar surface area (TPSA) is 106 Å². The molecule has 4 N–H and O–H groups in total. The van der Waals surface area contributed by atoms with Crippen LogP contribution in [0.25, 0.3) is 16.3 Å². The van der Waals surface area contributed by atoms with Crippen molar-refractivity contribution in [2.45, 2.75) is 86.9 Å². The Morgan fingerprint density at radius 3 is 2.65 bits per heavy atom. The number of likely N-dealkylation sites (N-methyl/N-ethyl adjacent to an activating group) is 1. The van der Waals surface area contributed by atoms with E-state index in [1.165, 1.54) is 5.57 Å². The first-order chi connectivity index (χ1) is 17.5. The molecule has 4 fully saturated rings. The summed E-state index contributed by atoms with van der Waals surface area (Å²) in [5, 5.41) is 36.1. The predicted octanol–water partition coefficient (Wildman–Crippen LogP) is 2.83. The lowest BCUT2D eigenvalue weighted by Crippen LogP contribution is -2.73. The molecule has 7 heteroatoms. The van der Waals surface area contributed by atoms with E-state index in [2.05, 4.69) is 24.1 Å². The molecule has 2 aromatic rings. The molecule has 2 bridgehead atoms. The zero-order chi connectivity index (χ0) is 26.0. The van der Waals surface area contributed by atoms with Gasteiger partial charge in [-0.05, 0) is 93.1 Å². The van der Waals surface area contributed by atoms with E-state index in [0.29, 0.717) is 24.6 Å².